The van der Waals surface area contributed by atoms with E-state index in [9.17, 15) is 0 Å². The molecule has 1 saturated carbocycles. The maximum Gasteiger partial charge on any atom is 0.0196 e. The van der Waals surface area contributed by atoms with Gasteiger partial charge in [0, 0.05) is 5.54 Å². The summed E-state index contributed by atoms with van der Waals surface area (Å²) in [5.41, 5.74) is 11.5. The summed E-state index contributed by atoms with van der Waals surface area (Å²) in [6, 6.07) is 17.5. The van der Waals surface area contributed by atoms with Crippen molar-refractivity contribution in [2.45, 2.75) is 31.7 Å². The molecule has 0 heterocycles. The molecule has 2 aromatic rings. The van der Waals surface area contributed by atoms with E-state index >= 15 is 0 Å². The topological polar surface area (TPSA) is 26.0 Å². The molecule has 1 aliphatic rings. The predicted octanol–water partition coefficient (Wildman–Crippen LogP) is 3.70. The number of hydrogen-bond acceptors (Lipinski definition) is 1. The molecule has 0 radical (unpaired) electrons. The predicted molar refractivity (Wildman–Crippen MR) is 76.5 cm³/mol. The molecule has 0 unspecified atom stereocenters. The Labute approximate surface area is 109 Å². The molecule has 0 bridgehead atoms. The summed E-state index contributed by atoms with van der Waals surface area (Å²) < 4.78 is 0. The first-order valence-corrected chi connectivity index (χ1v) is 6.60. The summed E-state index contributed by atoms with van der Waals surface area (Å²) in [5.74, 6) is 0. The van der Waals surface area contributed by atoms with Crippen LogP contribution in [0.15, 0.2) is 48.5 Å². The van der Waals surface area contributed by atoms with Gasteiger partial charge in [0.05, 0.1) is 0 Å². The van der Waals surface area contributed by atoms with Crippen LogP contribution in [0.4, 0.5) is 0 Å². The molecule has 1 nitrogen and oxygen atoms in total. The highest BCUT2D eigenvalue weighted by Gasteiger charge is 2.37. The lowest BCUT2D eigenvalue weighted by molar-refractivity contribution is 0.672. The van der Waals surface area contributed by atoms with Crippen LogP contribution < -0.4 is 5.73 Å². The van der Waals surface area contributed by atoms with Gasteiger partial charge in [-0.3, -0.25) is 0 Å². The minimum Gasteiger partial charge on any atom is -0.325 e. The second kappa shape index (κ2) is 4.25. The molecule has 0 amide bonds. The van der Waals surface area contributed by atoms with E-state index in [-0.39, 0.29) is 5.54 Å². The van der Waals surface area contributed by atoms with E-state index < -0.39 is 0 Å². The van der Waals surface area contributed by atoms with Gasteiger partial charge in [-0.2, -0.15) is 0 Å². The van der Waals surface area contributed by atoms with Gasteiger partial charge in [-0.15, -0.1) is 0 Å². The van der Waals surface area contributed by atoms with E-state index in [2.05, 4.69) is 55.5 Å². The Morgan fingerprint density at radius 2 is 1.72 bits per heavy atom. The molecular weight excluding hydrogens is 218 g/mol. The van der Waals surface area contributed by atoms with Gasteiger partial charge in [-0.05, 0) is 42.9 Å². The van der Waals surface area contributed by atoms with E-state index in [0.717, 1.165) is 6.42 Å². The molecule has 2 N–H and O–H groups in total. The van der Waals surface area contributed by atoms with E-state index in [1.165, 1.54) is 35.1 Å². The van der Waals surface area contributed by atoms with Gasteiger partial charge < -0.3 is 5.73 Å². The average molecular weight is 237 g/mol. The Hall–Kier alpha value is -1.60. The summed E-state index contributed by atoms with van der Waals surface area (Å²) in [4.78, 5) is 0. The zero-order valence-electron chi connectivity index (χ0n) is 10.8. The van der Waals surface area contributed by atoms with Crippen LogP contribution in [-0.4, -0.2) is 5.54 Å². The average Bonchev–Trinajstić information content (AvgIpc) is 3.08. The Morgan fingerprint density at radius 3 is 2.33 bits per heavy atom. The normalized spacial score (nSPS) is 16.6. The van der Waals surface area contributed by atoms with Gasteiger partial charge >= 0.3 is 0 Å². The van der Waals surface area contributed by atoms with Crippen molar-refractivity contribution in [3.8, 4) is 11.1 Å². The van der Waals surface area contributed by atoms with Crippen LogP contribution in [0.25, 0.3) is 11.1 Å². The minimum atomic E-state index is 0.102. The van der Waals surface area contributed by atoms with E-state index in [4.69, 9.17) is 5.73 Å². The summed E-state index contributed by atoms with van der Waals surface area (Å²) in [7, 11) is 0. The highest BCUT2D eigenvalue weighted by Crippen LogP contribution is 2.35. The number of benzene rings is 2. The largest absolute Gasteiger partial charge is 0.325 e. The SMILES string of the molecule is Cc1cccc(-c2ccc(CC3(N)CC3)cc2)c1. The van der Waals surface area contributed by atoms with Crippen molar-refractivity contribution in [3.63, 3.8) is 0 Å². The van der Waals surface area contributed by atoms with Crippen LogP contribution in [0, 0.1) is 6.92 Å². The Bertz CT molecular complexity index is 550. The van der Waals surface area contributed by atoms with Crippen molar-refractivity contribution in [2.24, 2.45) is 5.73 Å². The minimum absolute atomic E-state index is 0.102. The molecule has 1 aliphatic carbocycles. The van der Waals surface area contributed by atoms with Crippen LogP contribution in [0.2, 0.25) is 0 Å². The zero-order valence-corrected chi connectivity index (χ0v) is 10.8. The van der Waals surface area contributed by atoms with E-state index in [1.807, 2.05) is 0 Å². The lowest BCUT2D eigenvalue weighted by Gasteiger charge is -2.09. The fourth-order valence-electron chi connectivity index (χ4n) is 2.38. The number of hydrogen-bond donors (Lipinski definition) is 1. The number of rotatable bonds is 3. The summed E-state index contributed by atoms with van der Waals surface area (Å²) in [6.07, 6.45) is 3.36. The van der Waals surface area contributed by atoms with E-state index in [0.29, 0.717) is 0 Å². The third-order valence-corrected chi connectivity index (χ3v) is 3.75. The number of nitrogens with two attached hydrogens (primary N) is 1. The van der Waals surface area contributed by atoms with Crippen LogP contribution in [0.5, 0.6) is 0 Å². The standard InChI is InChI=1S/C17H19N/c1-13-3-2-4-16(11-13)15-7-5-14(6-8-15)12-17(18)9-10-17/h2-8,11H,9-10,12,18H2,1H3. The van der Waals surface area contributed by atoms with Crippen molar-refractivity contribution in [2.75, 3.05) is 0 Å². The number of aryl methyl sites for hydroxylation is 1. The molecule has 2 aromatic carbocycles. The van der Waals surface area contributed by atoms with Gasteiger partial charge in [0.15, 0.2) is 0 Å². The quantitative estimate of drug-likeness (QED) is 0.865. The fraction of sp³-hybridized carbons (Fsp3) is 0.294. The van der Waals surface area contributed by atoms with E-state index in [1.54, 1.807) is 0 Å². The molecule has 18 heavy (non-hydrogen) atoms. The summed E-state index contributed by atoms with van der Waals surface area (Å²) >= 11 is 0. The smallest absolute Gasteiger partial charge is 0.0196 e. The van der Waals surface area contributed by atoms with Gasteiger partial charge in [0.1, 0.15) is 0 Å². The second-order valence-electron chi connectivity index (χ2n) is 5.61. The first-order valence-electron chi connectivity index (χ1n) is 6.60. The zero-order chi connectivity index (χ0) is 12.6. The van der Waals surface area contributed by atoms with Gasteiger partial charge in [0.2, 0.25) is 0 Å². The van der Waals surface area contributed by atoms with Crippen LogP contribution >= 0.6 is 0 Å². The highest BCUT2D eigenvalue weighted by atomic mass is 14.8. The van der Waals surface area contributed by atoms with Gasteiger partial charge in [-0.25, -0.2) is 0 Å². The third kappa shape index (κ3) is 2.46. The molecular formula is C17H19N. The maximum atomic E-state index is 6.15. The first-order chi connectivity index (χ1) is 8.65. The molecule has 3 rings (SSSR count). The highest BCUT2D eigenvalue weighted by molar-refractivity contribution is 5.64. The lowest BCUT2D eigenvalue weighted by atomic mass is 9.99. The van der Waals surface area contributed by atoms with Crippen LogP contribution in [0.3, 0.4) is 0 Å². The molecule has 92 valence electrons. The molecule has 1 fully saturated rings. The van der Waals surface area contributed by atoms with Crippen molar-refractivity contribution in [1.29, 1.82) is 0 Å². The third-order valence-electron chi connectivity index (χ3n) is 3.75. The maximum absolute atomic E-state index is 6.15. The summed E-state index contributed by atoms with van der Waals surface area (Å²) in [5, 5.41) is 0. The van der Waals surface area contributed by atoms with Crippen molar-refractivity contribution in [3.05, 3.63) is 59.7 Å². The Morgan fingerprint density at radius 1 is 1.00 bits per heavy atom. The lowest BCUT2D eigenvalue weighted by Crippen LogP contribution is -2.24. The Balaban J connectivity index is 1.82. The fourth-order valence-corrected chi connectivity index (χ4v) is 2.38. The van der Waals surface area contributed by atoms with Crippen molar-refractivity contribution in [1.82, 2.24) is 0 Å². The van der Waals surface area contributed by atoms with Gasteiger partial charge in [0.25, 0.3) is 0 Å². The van der Waals surface area contributed by atoms with Crippen molar-refractivity contribution >= 4 is 0 Å². The monoisotopic (exact) mass is 237 g/mol. The molecule has 0 aliphatic heterocycles. The molecule has 0 atom stereocenters. The van der Waals surface area contributed by atoms with Crippen LogP contribution in [0.1, 0.15) is 24.0 Å². The first kappa shape index (κ1) is 11.5. The molecule has 0 aromatic heterocycles. The van der Waals surface area contributed by atoms with Crippen molar-refractivity contribution < 1.29 is 0 Å². The second-order valence-corrected chi connectivity index (χ2v) is 5.61. The summed E-state index contributed by atoms with van der Waals surface area (Å²) in [6.45, 7) is 2.13. The molecule has 0 saturated heterocycles. The van der Waals surface area contributed by atoms with Crippen LogP contribution in [-0.2, 0) is 6.42 Å². The molecule has 1 heteroatoms. The van der Waals surface area contributed by atoms with Gasteiger partial charge in [-0.1, -0.05) is 54.1 Å². The molecule has 0 spiro atoms. The Kier molecular flexibility index (Phi) is 2.71.